The number of methoxy groups -OCH3 is 2. The van der Waals surface area contributed by atoms with Crippen LogP contribution in [-0.2, 0) is 0 Å². The molecule has 0 saturated heterocycles. The van der Waals surface area contributed by atoms with E-state index in [4.69, 9.17) is 25.5 Å². The minimum absolute atomic E-state index is 0.160. The summed E-state index contributed by atoms with van der Waals surface area (Å²) in [5.41, 5.74) is 0.928. The zero-order chi connectivity index (χ0) is 23.8. The molecule has 0 saturated carbocycles. The highest BCUT2D eigenvalue weighted by Gasteiger charge is 2.18. The first kappa shape index (κ1) is 21.5. The van der Waals surface area contributed by atoms with E-state index in [2.05, 4.69) is 10.1 Å². The third-order valence-corrected chi connectivity index (χ3v) is 5.54. The molecule has 0 aliphatic heterocycles. The fourth-order valence-electron chi connectivity index (χ4n) is 3.68. The Balaban J connectivity index is 1.75. The highest BCUT2D eigenvalue weighted by molar-refractivity contribution is 6.31. The van der Waals surface area contributed by atoms with Crippen LogP contribution < -0.4 is 15.0 Å². The lowest BCUT2D eigenvalue weighted by atomic mass is 10.2. The number of ether oxygens (including phenoxy) is 2. The van der Waals surface area contributed by atoms with Crippen LogP contribution in [0.2, 0.25) is 5.02 Å². The highest BCUT2D eigenvalue weighted by Crippen LogP contribution is 2.34. The van der Waals surface area contributed by atoms with E-state index in [1.807, 2.05) is 12.1 Å². The van der Waals surface area contributed by atoms with Gasteiger partial charge in [-0.05, 0) is 36.4 Å². The lowest BCUT2D eigenvalue weighted by Crippen LogP contribution is -2.20. The molecule has 0 spiro atoms. The summed E-state index contributed by atoms with van der Waals surface area (Å²) in [4.78, 5) is 18.0. The van der Waals surface area contributed by atoms with Crippen molar-refractivity contribution >= 4 is 39.7 Å². The van der Waals surface area contributed by atoms with Gasteiger partial charge in [0.1, 0.15) is 11.3 Å². The summed E-state index contributed by atoms with van der Waals surface area (Å²) < 4.78 is 17.7. The Hall–Kier alpha value is -4.30. The summed E-state index contributed by atoms with van der Waals surface area (Å²) in [6.45, 7) is 0. The molecule has 170 valence electrons. The molecule has 0 atom stereocenters. The van der Waals surface area contributed by atoms with Gasteiger partial charge in [0.25, 0.3) is 5.56 Å². The van der Waals surface area contributed by atoms with Crippen LogP contribution in [0.25, 0.3) is 33.5 Å². The van der Waals surface area contributed by atoms with E-state index in [0.717, 1.165) is 10.1 Å². The topological polar surface area (TPSA) is 99.1 Å². The van der Waals surface area contributed by atoms with E-state index in [0.29, 0.717) is 33.0 Å². The normalized spacial score (nSPS) is 11.5. The maximum absolute atomic E-state index is 13.4. The summed E-state index contributed by atoms with van der Waals surface area (Å²) in [5, 5.41) is 16.3. The fraction of sp³-hybridized carbons (Fsp3) is 0.0800. The number of halogens is 1. The van der Waals surface area contributed by atoms with Crippen LogP contribution in [-0.4, -0.2) is 35.2 Å². The second-order valence-electron chi connectivity index (χ2n) is 7.34. The second-order valence-corrected chi connectivity index (χ2v) is 7.78. The van der Waals surface area contributed by atoms with Crippen molar-refractivity contribution < 1.29 is 19.0 Å². The first-order chi connectivity index (χ1) is 16.5. The van der Waals surface area contributed by atoms with Crippen LogP contribution >= 0.6 is 11.6 Å². The van der Waals surface area contributed by atoms with Gasteiger partial charge in [0, 0.05) is 16.7 Å². The average molecular weight is 476 g/mol. The highest BCUT2D eigenvalue weighted by atomic mass is 35.5. The van der Waals surface area contributed by atoms with Gasteiger partial charge in [-0.1, -0.05) is 29.8 Å². The molecule has 0 radical (unpaired) electrons. The van der Waals surface area contributed by atoms with Crippen LogP contribution in [0.4, 0.5) is 0 Å². The summed E-state index contributed by atoms with van der Waals surface area (Å²) in [5.74, 6) is 1.16. The number of aromatic hydroxyl groups is 1. The third-order valence-electron chi connectivity index (χ3n) is 5.32. The molecule has 2 aromatic heterocycles. The van der Waals surface area contributed by atoms with Gasteiger partial charge >= 0.3 is 0 Å². The molecule has 9 heteroatoms. The van der Waals surface area contributed by atoms with Crippen molar-refractivity contribution in [1.82, 2.24) is 9.66 Å². The lowest BCUT2D eigenvalue weighted by molar-refractivity contribution is 0.373. The predicted octanol–water partition coefficient (Wildman–Crippen LogP) is 5.07. The van der Waals surface area contributed by atoms with Gasteiger partial charge in [0.15, 0.2) is 17.3 Å². The number of fused-ring (bicyclic) bond motifs is 2. The Morgan fingerprint density at radius 1 is 1.03 bits per heavy atom. The van der Waals surface area contributed by atoms with E-state index in [1.165, 1.54) is 25.5 Å². The van der Waals surface area contributed by atoms with Crippen LogP contribution in [0, 0.1) is 0 Å². The average Bonchev–Trinajstić information content (AvgIpc) is 3.29. The van der Waals surface area contributed by atoms with Crippen LogP contribution in [0.3, 0.4) is 0 Å². The lowest BCUT2D eigenvalue weighted by Gasteiger charge is -2.09. The molecule has 0 amide bonds. The SMILES string of the molecule is COc1cc(Cl)cc(C=Nn2c(-c3cc4c(OC)cccc4o3)nc3ccccc3c2=O)c1O. The van der Waals surface area contributed by atoms with E-state index < -0.39 is 5.56 Å². The fourth-order valence-corrected chi connectivity index (χ4v) is 3.90. The Labute approximate surface area is 198 Å². The number of nitrogens with zero attached hydrogens (tertiary/aromatic N) is 3. The number of benzene rings is 3. The third kappa shape index (κ3) is 3.64. The summed E-state index contributed by atoms with van der Waals surface area (Å²) in [7, 11) is 2.99. The number of furan rings is 1. The molecule has 0 bridgehead atoms. The number of hydrogen-bond donors (Lipinski definition) is 1. The van der Waals surface area contributed by atoms with Gasteiger partial charge in [-0.15, -0.1) is 0 Å². The van der Waals surface area contributed by atoms with E-state index in [1.54, 1.807) is 43.5 Å². The number of phenolic OH excluding ortho intramolecular Hbond substituents is 1. The van der Waals surface area contributed by atoms with Gasteiger partial charge in [0.05, 0.1) is 36.7 Å². The monoisotopic (exact) mass is 475 g/mol. The molecular formula is C25H18ClN3O5. The minimum Gasteiger partial charge on any atom is -0.504 e. The van der Waals surface area contributed by atoms with Crippen molar-refractivity contribution in [3.63, 3.8) is 0 Å². The summed E-state index contributed by atoms with van der Waals surface area (Å²) in [6, 6.07) is 17.1. The number of phenols is 1. The molecule has 0 aliphatic rings. The maximum Gasteiger partial charge on any atom is 0.282 e. The van der Waals surface area contributed by atoms with E-state index in [9.17, 15) is 9.90 Å². The number of para-hydroxylation sites is 1. The van der Waals surface area contributed by atoms with Crippen LogP contribution in [0.1, 0.15) is 5.56 Å². The summed E-state index contributed by atoms with van der Waals surface area (Å²) in [6.07, 6.45) is 1.31. The molecule has 0 fully saturated rings. The number of rotatable bonds is 5. The molecule has 8 nitrogen and oxygen atoms in total. The Bertz CT molecular complexity index is 1640. The molecule has 1 N–H and O–H groups in total. The Morgan fingerprint density at radius 3 is 2.62 bits per heavy atom. The van der Waals surface area contributed by atoms with Crippen molar-refractivity contribution in [2.24, 2.45) is 5.10 Å². The minimum atomic E-state index is -0.405. The number of aromatic nitrogens is 2. The Kier molecular flexibility index (Phi) is 5.43. The van der Waals surface area contributed by atoms with Gasteiger partial charge in [0.2, 0.25) is 5.82 Å². The smallest absolute Gasteiger partial charge is 0.282 e. The van der Waals surface area contributed by atoms with E-state index >= 15 is 0 Å². The van der Waals surface area contributed by atoms with Crippen molar-refractivity contribution in [2.75, 3.05) is 14.2 Å². The molecule has 34 heavy (non-hydrogen) atoms. The maximum atomic E-state index is 13.4. The van der Waals surface area contributed by atoms with Gasteiger partial charge < -0.3 is 19.0 Å². The van der Waals surface area contributed by atoms with Crippen molar-refractivity contribution in [3.05, 3.63) is 81.6 Å². The molecule has 5 rings (SSSR count). The van der Waals surface area contributed by atoms with Crippen LogP contribution in [0.15, 0.2) is 75.0 Å². The zero-order valence-electron chi connectivity index (χ0n) is 18.2. The predicted molar refractivity (Wildman–Crippen MR) is 130 cm³/mol. The zero-order valence-corrected chi connectivity index (χ0v) is 18.9. The van der Waals surface area contributed by atoms with Gasteiger partial charge in [-0.3, -0.25) is 4.79 Å². The van der Waals surface area contributed by atoms with Crippen molar-refractivity contribution in [3.8, 4) is 28.8 Å². The largest absolute Gasteiger partial charge is 0.504 e. The molecule has 3 aromatic carbocycles. The molecular weight excluding hydrogens is 458 g/mol. The molecule has 2 heterocycles. The Morgan fingerprint density at radius 2 is 1.82 bits per heavy atom. The molecule has 0 aliphatic carbocycles. The molecule has 0 unspecified atom stereocenters. The van der Waals surface area contributed by atoms with Crippen LogP contribution in [0.5, 0.6) is 17.2 Å². The van der Waals surface area contributed by atoms with E-state index in [-0.39, 0.29) is 22.9 Å². The van der Waals surface area contributed by atoms with Gasteiger partial charge in [-0.2, -0.15) is 9.78 Å². The first-order valence-corrected chi connectivity index (χ1v) is 10.6. The first-order valence-electron chi connectivity index (χ1n) is 10.2. The quantitative estimate of drug-likeness (QED) is 0.356. The second kappa shape index (κ2) is 8.57. The summed E-state index contributed by atoms with van der Waals surface area (Å²) >= 11 is 6.13. The number of hydrogen-bond acceptors (Lipinski definition) is 7. The molecule has 5 aromatic rings. The standard InChI is InChI=1S/C25H18ClN3O5/c1-32-19-8-5-9-20-17(19)12-22(34-20)24-28-18-7-4-3-6-16(18)25(31)29(24)27-13-14-10-15(26)11-21(33-2)23(14)30/h3-13,30H,1-2H3. The van der Waals surface area contributed by atoms with Crippen molar-refractivity contribution in [2.45, 2.75) is 0 Å². The van der Waals surface area contributed by atoms with Gasteiger partial charge in [-0.25, -0.2) is 4.98 Å². The van der Waals surface area contributed by atoms with Crippen molar-refractivity contribution in [1.29, 1.82) is 0 Å².